The highest BCUT2D eigenvalue weighted by molar-refractivity contribution is 5.84. The standard InChI is InChI=1S/C13H18N4O/c1-16(2)7-8-6-9-11(18-8)5-4-10-12(9)17(3)13(14)15-10/h4-5,8H,6-7H2,1-3H3,(H2,14,15). The second-order valence-electron chi connectivity index (χ2n) is 5.15. The molecule has 0 spiro atoms. The van der Waals surface area contributed by atoms with E-state index in [0.717, 1.165) is 29.7 Å². The van der Waals surface area contributed by atoms with Crippen LogP contribution in [0.5, 0.6) is 5.75 Å². The van der Waals surface area contributed by atoms with Gasteiger partial charge in [0.25, 0.3) is 0 Å². The molecule has 1 aromatic carbocycles. The molecule has 5 nitrogen and oxygen atoms in total. The molecule has 18 heavy (non-hydrogen) atoms. The molecule has 1 aliphatic heterocycles. The number of hydrogen-bond acceptors (Lipinski definition) is 4. The van der Waals surface area contributed by atoms with Crippen LogP contribution in [0.25, 0.3) is 11.0 Å². The van der Waals surface area contributed by atoms with Crippen LogP contribution in [0.1, 0.15) is 5.56 Å². The van der Waals surface area contributed by atoms with Gasteiger partial charge in [-0.2, -0.15) is 0 Å². The third-order valence-electron chi connectivity index (χ3n) is 3.43. The summed E-state index contributed by atoms with van der Waals surface area (Å²) >= 11 is 0. The van der Waals surface area contributed by atoms with Crippen LogP contribution in [-0.2, 0) is 13.5 Å². The molecule has 1 unspecified atom stereocenters. The van der Waals surface area contributed by atoms with Gasteiger partial charge in [0.2, 0.25) is 5.95 Å². The maximum Gasteiger partial charge on any atom is 0.200 e. The number of anilines is 1. The Morgan fingerprint density at radius 1 is 1.50 bits per heavy atom. The van der Waals surface area contributed by atoms with E-state index in [1.54, 1.807) is 0 Å². The molecule has 96 valence electrons. The van der Waals surface area contributed by atoms with Crippen molar-refractivity contribution in [1.82, 2.24) is 14.5 Å². The Labute approximate surface area is 106 Å². The van der Waals surface area contributed by atoms with Gasteiger partial charge in [-0.15, -0.1) is 0 Å². The van der Waals surface area contributed by atoms with Crippen LogP contribution in [0.15, 0.2) is 12.1 Å². The summed E-state index contributed by atoms with van der Waals surface area (Å²) in [6, 6.07) is 3.97. The van der Waals surface area contributed by atoms with E-state index in [9.17, 15) is 0 Å². The SMILES string of the molecule is CN(C)CC1Cc2c(ccc3nc(N)n(C)c23)O1. The molecule has 2 heterocycles. The molecule has 2 N–H and O–H groups in total. The van der Waals surface area contributed by atoms with Gasteiger partial charge < -0.3 is 19.9 Å². The Hall–Kier alpha value is -1.75. The van der Waals surface area contributed by atoms with Crippen LogP contribution in [0, 0.1) is 0 Å². The Morgan fingerprint density at radius 3 is 3.00 bits per heavy atom. The molecule has 0 bridgehead atoms. The van der Waals surface area contributed by atoms with Gasteiger partial charge in [0.05, 0.1) is 11.0 Å². The number of rotatable bonds is 2. The fourth-order valence-corrected chi connectivity index (χ4v) is 2.65. The summed E-state index contributed by atoms with van der Waals surface area (Å²) in [5.41, 5.74) is 9.14. The molecule has 0 radical (unpaired) electrons. The van der Waals surface area contributed by atoms with Crippen molar-refractivity contribution in [2.24, 2.45) is 7.05 Å². The van der Waals surface area contributed by atoms with Crippen molar-refractivity contribution in [3.05, 3.63) is 17.7 Å². The van der Waals surface area contributed by atoms with Crippen LogP contribution < -0.4 is 10.5 Å². The lowest BCUT2D eigenvalue weighted by molar-refractivity contribution is 0.184. The fraction of sp³-hybridized carbons (Fsp3) is 0.462. The monoisotopic (exact) mass is 246 g/mol. The molecule has 5 heteroatoms. The first-order valence-corrected chi connectivity index (χ1v) is 6.11. The zero-order chi connectivity index (χ0) is 12.9. The van der Waals surface area contributed by atoms with Gasteiger partial charge in [-0.1, -0.05) is 0 Å². The number of aryl methyl sites for hydroxylation is 1. The Morgan fingerprint density at radius 2 is 2.28 bits per heavy atom. The van der Waals surface area contributed by atoms with Gasteiger partial charge in [0, 0.05) is 25.6 Å². The van der Waals surface area contributed by atoms with Gasteiger partial charge in [-0.25, -0.2) is 4.98 Å². The average molecular weight is 246 g/mol. The van der Waals surface area contributed by atoms with E-state index in [-0.39, 0.29) is 6.10 Å². The number of likely N-dealkylation sites (N-methyl/N-ethyl adjacent to an activating group) is 1. The highest BCUT2D eigenvalue weighted by Gasteiger charge is 2.27. The molecular weight excluding hydrogens is 228 g/mol. The van der Waals surface area contributed by atoms with Crippen molar-refractivity contribution in [3.63, 3.8) is 0 Å². The first kappa shape index (κ1) is 11.3. The van der Waals surface area contributed by atoms with Crippen molar-refractivity contribution >= 4 is 17.0 Å². The van der Waals surface area contributed by atoms with E-state index < -0.39 is 0 Å². The molecule has 0 saturated carbocycles. The Bertz CT molecular complexity index is 603. The van der Waals surface area contributed by atoms with E-state index in [2.05, 4.69) is 24.0 Å². The van der Waals surface area contributed by atoms with Crippen LogP contribution in [0.2, 0.25) is 0 Å². The van der Waals surface area contributed by atoms with E-state index >= 15 is 0 Å². The minimum absolute atomic E-state index is 0.219. The third-order valence-corrected chi connectivity index (χ3v) is 3.43. The quantitative estimate of drug-likeness (QED) is 0.859. The van der Waals surface area contributed by atoms with E-state index in [1.165, 1.54) is 5.56 Å². The van der Waals surface area contributed by atoms with E-state index in [0.29, 0.717) is 5.95 Å². The van der Waals surface area contributed by atoms with Gasteiger partial charge in [-0.3, -0.25) is 0 Å². The normalized spacial score (nSPS) is 18.3. The minimum Gasteiger partial charge on any atom is -0.488 e. The number of nitrogens with zero attached hydrogens (tertiary/aromatic N) is 3. The number of nitrogen functional groups attached to an aromatic ring is 1. The predicted octanol–water partition coefficient (Wildman–Crippen LogP) is 1.02. The summed E-state index contributed by atoms with van der Waals surface area (Å²) in [6.45, 7) is 0.920. The second-order valence-corrected chi connectivity index (χ2v) is 5.15. The summed E-state index contributed by atoms with van der Waals surface area (Å²) < 4.78 is 7.91. The lowest BCUT2D eigenvalue weighted by Crippen LogP contribution is -2.29. The van der Waals surface area contributed by atoms with Gasteiger partial charge in [0.1, 0.15) is 11.9 Å². The molecule has 1 atom stereocenters. The highest BCUT2D eigenvalue weighted by atomic mass is 16.5. The molecule has 1 aromatic heterocycles. The molecule has 0 amide bonds. The minimum atomic E-state index is 0.219. The fourth-order valence-electron chi connectivity index (χ4n) is 2.65. The lowest BCUT2D eigenvalue weighted by atomic mass is 10.1. The van der Waals surface area contributed by atoms with E-state index in [1.807, 2.05) is 23.7 Å². The van der Waals surface area contributed by atoms with Gasteiger partial charge in [-0.05, 0) is 26.2 Å². The van der Waals surface area contributed by atoms with Crippen LogP contribution in [-0.4, -0.2) is 41.2 Å². The zero-order valence-electron chi connectivity index (χ0n) is 11.0. The summed E-state index contributed by atoms with van der Waals surface area (Å²) in [6.07, 6.45) is 1.14. The molecule has 3 rings (SSSR count). The maximum absolute atomic E-state index is 5.97. The van der Waals surface area contributed by atoms with Crippen LogP contribution in [0.4, 0.5) is 5.95 Å². The van der Waals surface area contributed by atoms with Crippen LogP contribution in [0.3, 0.4) is 0 Å². The first-order chi connectivity index (χ1) is 8.56. The lowest BCUT2D eigenvalue weighted by Gasteiger charge is -2.15. The third kappa shape index (κ3) is 1.62. The van der Waals surface area contributed by atoms with Crippen molar-refractivity contribution in [1.29, 1.82) is 0 Å². The summed E-state index contributed by atoms with van der Waals surface area (Å²) in [7, 11) is 6.07. The molecule has 0 aliphatic carbocycles. The summed E-state index contributed by atoms with van der Waals surface area (Å²) in [4.78, 5) is 6.50. The van der Waals surface area contributed by atoms with Crippen molar-refractivity contribution in [2.45, 2.75) is 12.5 Å². The molecular formula is C13H18N4O. The van der Waals surface area contributed by atoms with Gasteiger partial charge >= 0.3 is 0 Å². The number of aromatic nitrogens is 2. The molecule has 1 aliphatic rings. The van der Waals surface area contributed by atoms with Crippen molar-refractivity contribution in [2.75, 3.05) is 26.4 Å². The summed E-state index contributed by atoms with van der Waals surface area (Å²) in [5.74, 6) is 1.52. The zero-order valence-corrected chi connectivity index (χ0v) is 11.0. The smallest absolute Gasteiger partial charge is 0.200 e. The first-order valence-electron chi connectivity index (χ1n) is 6.11. The van der Waals surface area contributed by atoms with E-state index in [4.69, 9.17) is 10.5 Å². The summed E-state index contributed by atoms with van der Waals surface area (Å²) in [5, 5.41) is 0. The number of imidazole rings is 1. The van der Waals surface area contributed by atoms with Gasteiger partial charge in [0.15, 0.2) is 0 Å². The Balaban J connectivity index is 2.05. The maximum atomic E-state index is 5.97. The number of nitrogens with two attached hydrogens (primary N) is 1. The highest BCUT2D eigenvalue weighted by Crippen LogP contribution is 2.35. The number of ether oxygens (including phenoxy) is 1. The van der Waals surface area contributed by atoms with Crippen molar-refractivity contribution < 1.29 is 4.74 Å². The molecule has 0 fully saturated rings. The second kappa shape index (κ2) is 3.88. The Kier molecular flexibility index (Phi) is 2.45. The largest absolute Gasteiger partial charge is 0.488 e. The molecule has 0 saturated heterocycles. The van der Waals surface area contributed by atoms with Crippen LogP contribution >= 0.6 is 0 Å². The number of fused-ring (bicyclic) bond motifs is 3. The number of benzene rings is 1. The number of hydrogen-bond donors (Lipinski definition) is 1. The predicted molar refractivity (Wildman–Crippen MR) is 71.8 cm³/mol. The molecule has 2 aromatic rings. The topological polar surface area (TPSA) is 56.3 Å². The van der Waals surface area contributed by atoms with Crippen molar-refractivity contribution in [3.8, 4) is 5.75 Å². The average Bonchev–Trinajstić information content (AvgIpc) is 2.80.